The highest BCUT2D eigenvalue weighted by Crippen LogP contribution is 2.32. The van der Waals surface area contributed by atoms with Gasteiger partial charge in [-0.1, -0.05) is 12.8 Å². The van der Waals surface area contributed by atoms with E-state index in [-0.39, 0.29) is 40.1 Å². The lowest BCUT2D eigenvalue weighted by Crippen LogP contribution is -2.39. The van der Waals surface area contributed by atoms with E-state index < -0.39 is 5.95 Å². The van der Waals surface area contributed by atoms with Crippen molar-refractivity contribution in [3.63, 3.8) is 0 Å². The maximum absolute atomic E-state index is 13.0. The van der Waals surface area contributed by atoms with Gasteiger partial charge in [0.1, 0.15) is 5.82 Å². The molecule has 10 nitrogen and oxygen atoms in total. The van der Waals surface area contributed by atoms with Crippen molar-refractivity contribution in [3.8, 4) is 11.8 Å². The van der Waals surface area contributed by atoms with E-state index in [1.165, 1.54) is 32.5 Å². The number of hydrogen-bond donors (Lipinski definition) is 1. The Labute approximate surface area is 204 Å². The zero-order chi connectivity index (χ0) is 25.4. The molecule has 4 aromatic heterocycles. The Bertz CT molecular complexity index is 1640. The van der Waals surface area contributed by atoms with Crippen molar-refractivity contribution in [2.45, 2.75) is 38.8 Å². The highest BCUT2D eigenvalue weighted by atomic mass is 19.1. The van der Waals surface area contributed by atoms with Crippen LogP contribution in [0.2, 0.25) is 0 Å². The SMILES string of the molecule is CCCn1c(=O)n(C2CC2)c(=O)c2[nH]c(C#Cc3ccc(N(C)C(=O)c4ccc(F)nc4)nc3)nc21. The predicted molar refractivity (Wildman–Crippen MR) is 130 cm³/mol. The number of imidazole rings is 1. The van der Waals surface area contributed by atoms with E-state index in [1.54, 1.807) is 19.2 Å². The van der Waals surface area contributed by atoms with Gasteiger partial charge in [-0.15, -0.1) is 0 Å². The van der Waals surface area contributed by atoms with E-state index in [0.29, 0.717) is 23.6 Å². The number of carbonyl (C=O) groups excluding carboxylic acids is 1. The molecule has 182 valence electrons. The van der Waals surface area contributed by atoms with Gasteiger partial charge >= 0.3 is 5.69 Å². The lowest BCUT2D eigenvalue weighted by molar-refractivity contribution is 0.0992. The number of aromatic amines is 1. The Morgan fingerprint density at radius 3 is 2.61 bits per heavy atom. The van der Waals surface area contributed by atoms with Crippen LogP contribution >= 0.6 is 0 Å². The maximum Gasteiger partial charge on any atom is 0.333 e. The molecule has 0 aliphatic heterocycles. The molecule has 0 aromatic carbocycles. The van der Waals surface area contributed by atoms with Crippen molar-refractivity contribution >= 4 is 22.9 Å². The zero-order valence-electron chi connectivity index (χ0n) is 19.7. The van der Waals surface area contributed by atoms with Crippen LogP contribution in [0.1, 0.15) is 54.0 Å². The minimum atomic E-state index is -0.665. The third kappa shape index (κ3) is 4.29. The highest BCUT2D eigenvalue weighted by Gasteiger charge is 2.29. The van der Waals surface area contributed by atoms with Crippen LogP contribution in [0.15, 0.2) is 46.2 Å². The molecule has 1 saturated carbocycles. The van der Waals surface area contributed by atoms with Crippen molar-refractivity contribution in [1.29, 1.82) is 0 Å². The fourth-order valence-corrected chi connectivity index (χ4v) is 3.87. The van der Waals surface area contributed by atoms with Gasteiger partial charge in [-0.2, -0.15) is 4.39 Å². The molecule has 4 heterocycles. The Balaban J connectivity index is 1.41. The summed E-state index contributed by atoms with van der Waals surface area (Å²) in [6.07, 6.45) is 5.03. The number of pyridine rings is 2. The van der Waals surface area contributed by atoms with Crippen LogP contribution < -0.4 is 16.1 Å². The second-order valence-electron chi connectivity index (χ2n) is 8.51. The Hall–Kier alpha value is -4.59. The minimum absolute atomic E-state index is 0.0516. The number of fused-ring (bicyclic) bond motifs is 1. The van der Waals surface area contributed by atoms with Crippen LogP contribution in [0.25, 0.3) is 11.2 Å². The molecule has 0 radical (unpaired) electrons. The number of amides is 1. The van der Waals surface area contributed by atoms with E-state index in [1.807, 2.05) is 6.92 Å². The number of hydrogen-bond acceptors (Lipinski definition) is 6. The predicted octanol–water partition coefficient (Wildman–Crippen LogP) is 2.24. The fraction of sp³-hybridized carbons (Fsp3) is 0.280. The van der Waals surface area contributed by atoms with Gasteiger partial charge in [0.15, 0.2) is 17.0 Å². The fourth-order valence-electron chi connectivity index (χ4n) is 3.87. The topological polar surface area (TPSA) is 119 Å². The second-order valence-corrected chi connectivity index (χ2v) is 8.51. The molecule has 5 rings (SSSR count). The maximum atomic E-state index is 13.0. The number of H-pyrrole nitrogens is 1. The molecule has 1 aliphatic rings. The number of aromatic nitrogens is 6. The first-order valence-corrected chi connectivity index (χ1v) is 11.5. The molecule has 0 unspecified atom stereocenters. The van der Waals surface area contributed by atoms with Gasteiger partial charge in [0.05, 0.1) is 5.56 Å². The molecular weight excluding hydrogens is 465 g/mol. The van der Waals surface area contributed by atoms with Crippen molar-refractivity contribution in [3.05, 3.63) is 80.4 Å². The number of halogens is 1. The third-order valence-corrected chi connectivity index (χ3v) is 5.87. The monoisotopic (exact) mass is 487 g/mol. The molecule has 0 bridgehead atoms. The summed E-state index contributed by atoms with van der Waals surface area (Å²) in [4.78, 5) is 54.8. The summed E-state index contributed by atoms with van der Waals surface area (Å²) in [5, 5.41) is 0. The quantitative estimate of drug-likeness (QED) is 0.341. The van der Waals surface area contributed by atoms with Crippen LogP contribution in [-0.2, 0) is 6.54 Å². The average molecular weight is 487 g/mol. The van der Waals surface area contributed by atoms with E-state index in [2.05, 4.69) is 31.8 Å². The number of nitrogens with zero attached hydrogens (tertiary/aromatic N) is 6. The van der Waals surface area contributed by atoms with Crippen molar-refractivity contribution < 1.29 is 9.18 Å². The average Bonchev–Trinajstić information content (AvgIpc) is 3.62. The van der Waals surface area contributed by atoms with Crippen molar-refractivity contribution in [2.24, 2.45) is 0 Å². The Kier molecular flexibility index (Phi) is 5.93. The number of rotatable bonds is 5. The highest BCUT2D eigenvalue weighted by molar-refractivity contribution is 6.04. The van der Waals surface area contributed by atoms with Gasteiger partial charge in [0.2, 0.25) is 5.95 Å². The summed E-state index contributed by atoms with van der Waals surface area (Å²) in [7, 11) is 1.55. The number of anilines is 1. The van der Waals surface area contributed by atoms with Crippen LogP contribution in [0, 0.1) is 17.8 Å². The molecule has 1 amide bonds. The molecule has 1 fully saturated rings. The summed E-state index contributed by atoms with van der Waals surface area (Å²) in [5.41, 5.74) is 0.653. The van der Waals surface area contributed by atoms with Crippen LogP contribution in [0.4, 0.5) is 10.2 Å². The normalized spacial score (nSPS) is 12.9. The summed E-state index contributed by atoms with van der Waals surface area (Å²) in [6, 6.07) is 5.74. The first kappa shape index (κ1) is 23.2. The Morgan fingerprint density at radius 2 is 1.97 bits per heavy atom. The number of nitrogens with one attached hydrogen (secondary N) is 1. The van der Waals surface area contributed by atoms with Gasteiger partial charge in [-0.05, 0) is 49.4 Å². The van der Waals surface area contributed by atoms with Crippen LogP contribution in [0.5, 0.6) is 0 Å². The van der Waals surface area contributed by atoms with Gasteiger partial charge in [0, 0.05) is 37.6 Å². The van der Waals surface area contributed by atoms with Crippen LogP contribution in [-0.4, -0.2) is 42.0 Å². The van der Waals surface area contributed by atoms with Crippen molar-refractivity contribution in [1.82, 2.24) is 29.1 Å². The second kappa shape index (κ2) is 9.22. The molecular formula is C25H22FN7O3. The molecule has 1 aliphatic carbocycles. The lowest BCUT2D eigenvalue weighted by Gasteiger charge is -2.15. The Morgan fingerprint density at radius 1 is 1.17 bits per heavy atom. The van der Waals surface area contributed by atoms with E-state index in [0.717, 1.165) is 25.3 Å². The first-order chi connectivity index (χ1) is 17.4. The zero-order valence-corrected chi connectivity index (χ0v) is 19.7. The molecule has 0 spiro atoms. The summed E-state index contributed by atoms with van der Waals surface area (Å²) >= 11 is 0. The molecule has 0 atom stereocenters. The standard InChI is InChI=1S/C25H22FN7O3/c1-3-12-32-22-21(24(35)33(25(32)36)17-7-8-17)29-19(30-22)10-4-15-5-11-20(28-13-15)31(2)23(34)16-6-9-18(26)27-14-16/h5-6,9,11,13-14,17H,3,7-8,12H2,1-2H3,(H,29,30). The smallest absolute Gasteiger partial charge is 0.325 e. The van der Waals surface area contributed by atoms with E-state index in [4.69, 9.17) is 0 Å². The molecule has 11 heteroatoms. The van der Waals surface area contributed by atoms with E-state index >= 15 is 0 Å². The molecule has 1 N–H and O–H groups in total. The van der Waals surface area contributed by atoms with Gasteiger partial charge in [-0.3, -0.25) is 23.6 Å². The third-order valence-electron chi connectivity index (χ3n) is 5.87. The molecule has 4 aromatic rings. The van der Waals surface area contributed by atoms with Gasteiger partial charge in [-0.25, -0.2) is 19.7 Å². The first-order valence-electron chi connectivity index (χ1n) is 11.5. The largest absolute Gasteiger partial charge is 0.333 e. The number of aryl methyl sites for hydroxylation is 1. The van der Waals surface area contributed by atoms with Gasteiger partial charge < -0.3 is 4.98 Å². The van der Waals surface area contributed by atoms with Gasteiger partial charge in [0.25, 0.3) is 11.5 Å². The summed E-state index contributed by atoms with van der Waals surface area (Å²) < 4.78 is 15.9. The molecule has 36 heavy (non-hydrogen) atoms. The van der Waals surface area contributed by atoms with E-state index in [9.17, 15) is 18.8 Å². The van der Waals surface area contributed by atoms with Crippen LogP contribution in [0.3, 0.4) is 0 Å². The van der Waals surface area contributed by atoms with Crippen molar-refractivity contribution in [2.75, 3.05) is 11.9 Å². The summed E-state index contributed by atoms with van der Waals surface area (Å²) in [6.45, 7) is 2.40. The minimum Gasteiger partial charge on any atom is -0.325 e. The summed E-state index contributed by atoms with van der Waals surface area (Å²) in [5.74, 6) is 5.42. The molecule has 0 saturated heterocycles. The number of carbonyl (C=O) groups is 1. The lowest BCUT2D eigenvalue weighted by atomic mass is 10.2.